The second kappa shape index (κ2) is 4.75. The van der Waals surface area contributed by atoms with Crippen LogP contribution in [0.2, 0.25) is 0 Å². The number of aldehydes is 1. The molecule has 0 aliphatic rings. The van der Waals surface area contributed by atoms with Crippen LogP contribution in [0.5, 0.6) is 0 Å². The summed E-state index contributed by atoms with van der Waals surface area (Å²) in [5.74, 6) is -0.710. The molecule has 1 aromatic rings. The number of aromatic nitrogens is 2. The number of esters is 1. The van der Waals surface area contributed by atoms with Crippen molar-refractivity contribution < 1.29 is 18.2 Å². The summed E-state index contributed by atoms with van der Waals surface area (Å²) >= 11 is -0.268. The summed E-state index contributed by atoms with van der Waals surface area (Å²) in [6, 6.07) is 1.16. The van der Waals surface area contributed by atoms with Crippen molar-refractivity contribution in [3.8, 4) is 0 Å². The molecule has 7 heteroatoms. The molecule has 76 valence electrons. The summed E-state index contributed by atoms with van der Waals surface area (Å²) in [6.45, 7) is 1.80. The van der Waals surface area contributed by atoms with Gasteiger partial charge in [-0.1, -0.05) is 0 Å². The van der Waals surface area contributed by atoms with Crippen molar-refractivity contribution in [1.29, 1.82) is 0 Å². The molecule has 0 atom stereocenters. The molecule has 0 N–H and O–H groups in total. The molecule has 0 unspecified atom stereocenters. The smallest absolute Gasteiger partial charge is 0.357 e. The summed E-state index contributed by atoms with van der Waals surface area (Å²) in [6.07, 6.45) is 0.426. The Morgan fingerprint density at radius 1 is 1.86 bits per heavy atom. The summed E-state index contributed by atoms with van der Waals surface area (Å²) in [5.41, 5.74) is -0.111. The highest BCUT2D eigenvalue weighted by atomic mass is 32.2. The highest BCUT2D eigenvalue weighted by Gasteiger charge is 2.16. The van der Waals surface area contributed by atoms with Crippen LogP contribution in [0.4, 0.5) is 3.89 Å². The second-order valence-corrected chi connectivity index (χ2v) is 2.72. The van der Waals surface area contributed by atoms with Crippen LogP contribution in [0.15, 0.2) is 6.07 Å². The minimum Gasteiger partial charge on any atom is -0.461 e. The van der Waals surface area contributed by atoms with Crippen molar-refractivity contribution in [2.45, 2.75) is 6.92 Å². The number of ether oxygens (including phenoxy) is 1. The van der Waals surface area contributed by atoms with Crippen LogP contribution in [0.25, 0.3) is 0 Å². The van der Waals surface area contributed by atoms with E-state index in [1.807, 2.05) is 0 Å². The van der Waals surface area contributed by atoms with Crippen LogP contribution in [0, 0.1) is 0 Å². The van der Waals surface area contributed by atoms with Crippen molar-refractivity contribution in [2.24, 2.45) is 0 Å². The molecule has 0 aliphatic heterocycles. The molecule has 0 saturated heterocycles. The van der Waals surface area contributed by atoms with Crippen molar-refractivity contribution in [2.75, 3.05) is 6.61 Å². The van der Waals surface area contributed by atoms with Gasteiger partial charge in [-0.2, -0.15) is 9.19 Å². The van der Waals surface area contributed by atoms with Gasteiger partial charge in [0.2, 0.25) is 0 Å². The Bertz CT molecular complexity index is 353. The van der Waals surface area contributed by atoms with Crippen LogP contribution in [-0.4, -0.2) is 28.0 Å². The lowest BCUT2D eigenvalue weighted by molar-refractivity contribution is 0.0517. The predicted molar refractivity (Wildman–Crippen MR) is 47.7 cm³/mol. The first kappa shape index (κ1) is 10.7. The van der Waals surface area contributed by atoms with Crippen LogP contribution < -0.4 is 0 Å². The van der Waals surface area contributed by atoms with Crippen molar-refractivity contribution in [3.63, 3.8) is 0 Å². The maximum atomic E-state index is 12.2. The van der Waals surface area contributed by atoms with Crippen LogP contribution >= 0.6 is 12.3 Å². The largest absolute Gasteiger partial charge is 0.461 e. The SMILES string of the molecule is CCOC(=O)c1cc(C=O)nn1SF. The Kier molecular flexibility index (Phi) is 3.63. The lowest BCUT2D eigenvalue weighted by Gasteiger charge is -1.99. The maximum absolute atomic E-state index is 12.2. The monoisotopic (exact) mass is 218 g/mol. The third kappa shape index (κ3) is 2.11. The Labute approximate surface area is 83.7 Å². The Morgan fingerprint density at radius 3 is 3.07 bits per heavy atom. The van der Waals surface area contributed by atoms with E-state index in [9.17, 15) is 13.5 Å². The molecular weight excluding hydrogens is 211 g/mol. The van der Waals surface area contributed by atoms with E-state index in [0.717, 1.165) is 6.07 Å². The minimum absolute atomic E-state index is 0.0156. The Morgan fingerprint density at radius 2 is 2.57 bits per heavy atom. The molecule has 0 bridgehead atoms. The number of nitrogens with zero attached hydrogens (tertiary/aromatic N) is 2. The quantitative estimate of drug-likeness (QED) is 0.562. The molecule has 0 saturated carbocycles. The first-order valence-electron chi connectivity index (χ1n) is 3.74. The van der Waals surface area contributed by atoms with Gasteiger partial charge in [-0.15, -0.1) is 3.89 Å². The van der Waals surface area contributed by atoms with Crippen LogP contribution in [0.1, 0.15) is 27.9 Å². The minimum atomic E-state index is -0.710. The Balaban J connectivity index is 2.99. The van der Waals surface area contributed by atoms with Crippen molar-refractivity contribution in [3.05, 3.63) is 17.5 Å². The van der Waals surface area contributed by atoms with Gasteiger partial charge in [0.05, 0.1) is 6.61 Å². The molecule has 0 aliphatic carbocycles. The zero-order chi connectivity index (χ0) is 10.6. The van der Waals surface area contributed by atoms with Crippen LogP contribution in [0.3, 0.4) is 0 Å². The van der Waals surface area contributed by atoms with E-state index >= 15 is 0 Å². The summed E-state index contributed by atoms with van der Waals surface area (Å²) in [5, 5.41) is 3.49. The zero-order valence-corrected chi connectivity index (χ0v) is 8.08. The van der Waals surface area contributed by atoms with E-state index in [4.69, 9.17) is 0 Å². The molecule has 0 radical (unpaired) electrons. The fraction of sp³-hybridized carbons (Fsp3) is 0.286. The molecule has 0 spiro atoms. The number of hydrogen-bond acceptors (Lipinski definition) is 5. The van der Waals surface area contributed by atoms with Gasteiger partial charge in [0, 0.05) is 6.07 Å². The van der Waals surface area contributed by atoms with Gasteiger partial charge in [-0.3, -0.25) is 4.79 Å². The van der Waals surface area contributed by atoms with Crippen LogP contribution in [-0.2, 0) is 4.74 Å². The average molecular weight is 218 g/mol. The fourth-order valence-corrected chi connectivity index (χ4v) is 1.16. The molecule has 1 heterocycles. The summed E-state index contributed by atoms with van der Waals surface area (Å²) < 4.78 is 17.6. The molecule has 0 aromatic carbocycles. The number of halogens is 1. The third-order valence-corrected chi connectivity index (χ3v) is 1.78. The highest BCUT2D eigenvalue weighted by molar-refractivity contribution is 7.92. The fourth-order valence-electron chi connectivity index (χ4n) is 0.835. The molecule has 5 nitrogen and oxygen atoms in total. The van der Waals surface area contributed by atoms with Crippen molar-refractivity contribution in [1.82, 2.24) is 9.19 Å². The van der Waals surface area contributed by atoms with Gasteiger partial charge < -0.3 is 4.74 Å². The lowest BCUT2D eigenvalue weighted by Crippen LogP contribution is -2.08. The third-order valence-electron chi connectivity index (χ3n) is 1.37. The van der Waals surface area contributed by atoms with E-state index in [0.29, 0.717) is 10.4 Å². The number of hydrogen-bond donors (Lipinski definition) is 0. The topological polar surface area (TPSA) is 61.2 Å². The molecule has 0 amide bonds. The standard InChI is InChI=1S/C7H7FN2O3S/c1-2-13-7(12)6-3-5(4-11)9-10(6)14-8/h3-4H,2H2,1H3. The van der Waals surface area contributed by atoms with Gasteiger partial charge in [-0.05, 0) is 6.92 Å². The van der Waals surface area contributed by atoms with Gasteiger partial charge in [0.15, 0.2) is 24.3 Å². The van der Waals surface area contributed by atoms with E-state index in [1.54, 1.807) is 6.92 Å². The molecular formula is C7H7FN2O3S. The number of rotatable bonds is 4. The van der Waals surface area contributed by atoms with Gasteiger partial charge in [-0.25, -0.2) is 4.79 Å². The van der Waals surface area contributed by atoms with Gasteiger partial charge in [0.1, 0.15) is 5.69 Å². The highest BCUT2D eigenvalue weighted by Crippen LogP contribution is 2.13. The number of carbonyl (C=O) groups excluding carboxylic acids is 2. The molecule has 0 fully saturated rings. The molecule has 1 aromatic heterocycles. The van der Waals surface area contributed by atoms with Gasteiger partial charge >= 0.3 is 5.97 Å². The average Bonchev–Trinajstić information content (AvgIpc) is 2.61. The first-order chi connectivity index (χ1) is 6.72. The van der Waals surface area contributed by atoms with E-state index < -0.39 is 5.97 Å². The van der Waals surface area contributed by atoms with E-state index in [1.165, 1.54) is 0 Å². The number of carbonyl (C=O) groups is 2. The summed E-state index contributed by atoms with van der Waals surface area (Å²) in [4.78, 5) is 21.5. The molecule has 1 rings (SSSR count). The first-order valence-corrected chi connectivity index (χ1v) is 4.41. The lowest BCUT2D eigenvalue weighted by atomic mass is 10.4. The van der Waals surface area contributed by atoms with E-state index in [2.05, 4.69) is 9.84 Å². The van der Waals surface area contributed by atoms with Gasteiger partial charge in [0.25, 0.3) is 0 Å². The Hall–Kier alpha value is -1.37. The predicted octanol–water partition coefficient (Wildman–Crippen LogP) is 1.25. The van der Waals surface area contributed by atoms with E-state index in [-0.39, 0.29) is 30.3 Å². The normalized spacial score (nSPS) is 9.86. The second-order valence-electron chi connectivity index (χ2n) is 2.23. The van der Waals surface area contributed by atoms with Crippen molar-refractivity contribution >= 4 is 24.6 Å². The maximum Gasteiger partial charge on any atom is 0.357 e. The zero-order valence-electron chi connectivity index (χ0n) is 7.27. The molecule has 14 heavy (non-hydrogen) atoms. The summed E-state index contributed by atoms with van der Waals surface area (Å²) in [7, 11) is 0.